The standard InChI is InChI=1S/C26H33F3N4O5S2/c27-22-16-24(29)23(28)14-18(22)15-25(30)19-12-20-6-7-21(13-19)33(20)40(37,38)11-9-32-39(35,36)10-8-31-26(34)17-4-2-1-3-5-17/h1-5,14,16,19-21,25,32H,6-13,15,30H2,(H,31,34)/t19?,20?,21?,25-/m1/s1. The minimum absolute atomic E-state index is 0.00648. The molecule has 2 aromatic carbocycles. The third-order valence-corrected chi connectivity index (χ3v) is 10.9. The first-order valence-electron chi connectivity index (χ1n) is 13.1. The van der Waals surface area contributed by atoms with Crippen LogP contribution in [0.2, 0.25) is 0 Å². The summed E-state index contributed by atoms with van der Waals surface area (Å²) in [5.41, 5.74) is 6.68. The number of carbonyl (C=O) groups is 1. The Morgan fingerprint density at radius 3 is 2.20 bits per heavy atom. The molecule has 2 aliphatic rings. The van der Waals surface area contributed by atoms with Gasteiger partial charge in [0.1, 0.15) is 5.82 Å². The van der Waals surface area contributed by atoms with E-state index in [1.165, 1.54) is 4.31 Å². The number of rotatable bonds is 12. The van der Waals surface area contributed by atoms with Gasteiger partial charge in [-0.2, -0.15) is 4.31 Å². The van der Waals surface area contributed by atoms with Crippen molar-refractivity contribution in [3.05, 3.63) is 71.0 Å². The van der Waals surface area contributed by atoms with Gasteiger partial charge < -0.3 is 11.1 Å². The van der Waals surface area contributed by atoms with Gasteiger partial charge in [-0.3, -0.25) is 4.79 Å². The van der Waals surface area contributed by atoms with Crippen molar-refractivity contribution in [2.24, 2.45) is 11.7 Å². The van der Waals surface area contributed by atoms with E-state index in [4.69, 9.17) is 5.73 Å². The first-order chi connectivity index (χ1) is 18.9. The van der Waals surface area contributed by atoms with Crippen molar-refractivity contribution in [1.29, 1.82) is 0 Å². The summed E-state index contributed by atoms with van der Waals surface area (Å²) >= 11 is 0. The highest BCUT2D eigenvalue weighted by atomic mass is 32.2. The number of amides is 1. The molecule has 40 heavy (non-hydrogen) atoms. The van der Waals surface area contributed by atoms with Gasteiger partial charge in [0, 0.05) is 42.8 Å². The summed E-state index contributed by atoms with van der Waals surface area (Å²) in [5.74, 6) is -4.68. The number of halogens is 3. The Balaban J connectivity index is 1.26. The molecule has 4 N–H and O–H groups in total. The molecule has 0 aromatic heterocycles. The van der Waals surface area contributed by atoms with Crippen LogP contribution in [0, 0.1) is 23.4 Å². The zero-order chi connectivity index (χ0) is 29.1. The Bertz CT molecular complexity index is 1410. The molecule has 2 saturated heterocycles. The van der Waals surface area contributed by atoms with Crippen LogP contribution in [0.3, 0.4) is 0 Å². The lowest BCUT2D eigenvalue weighted by molar-refractivity contribution is 0.0956. The van der Waals surface area contributed by atoms with Crippen molar-refractivity contribution in [2.75, 3.05) is 24.6 Å². The quantitative estimate of drug-likeness (QED) is 0.317. The average Bonchev–Trinajstić information content (AvgIpc) is 3.18. The Morgan fingerprint density at radius 2 is 1.55 bits per heavy atom. The Morgan fingerprint density at radius 1 is 0.925 bits per heavy atom. The summed E-state index contributed by atoms with van der Waals surface area (Å²) in [6, 6.07) is 8.42. The number of carbonyl (C=O) groups excluding carboxylic acids is 1. The van der Waals surface area contributed by atoms with Crippen LogP contribution in [-0.2, 0) is 26.5 Å². The lowest BCUT2D eigenvalue weighted by atomic mass is 9.83. The van der Waals surface area contributed by atoms with Crippen molar-refractivity contribution in [2.45, 2.75) is 50.2 Å². The molecular formula is C26H33F3N4O5S2. The van der Waals surface area contributed by atoms with Crippen molar-refractivity contribution in [1.82, 2.24) is 14.3 Å². The normalized spacial score (nSPS) is 22.2. The van der Waals surface area contributed by atoms with Gasteiger partial charge in [0.05, 0.1) is 11.5 Å². The van der Waals surface area contributed by atoms with Crippen LogP contribution < -0.4 is 15.8 Å². The molecule has 3 atom stereocenters. The number of nitrogens with two attached hydrogens (primary N) is 1. The molecule has 0 aliphatic carbocycles. The molecule has 220 valence electrons. The van der Waals surface area contributed by atoms with E-state index in [1.807, 2.05) is 0 Å². The maximum Gasteiger partial charge on any atom is 0.251 e. The van der Waals surface area contributed by atoms with Gasteiger partial charge in [-0.25, -0.2) is 34.7 Å². The maximum atomic E-state index is 14.1. The molecule has 2 bridgehead atoms. The highest BCUT2D eigenvalue weighted by Gasteiger charge is 2.47. The molecule has 0 spiro atoms. The molecule has 2 heterocycles. The minimum atomic E-state index is -3.83. The molecule has 2 unspecified atom stereocenters. The van der Waals surface area contributed by atoms with E-state index in [0.717, 1.165) is 6.07 Å². The topological polar surface area (TPSA) is 139 Å². The van der Waals surface area contributed by atoms with Crippen LogP contribution in [-0.4, -0.2) is 69.8 Å². The van der Waals surface area contributed by atoms with Crippen LogP contribution in [0.4, 0.5) is 13.2 Å². The number of hydrogen-bond donors (Lipinski definition) is 3. The smallest absolute Gasteiger partial charge is 0.251 e. The molecule has 0 radical (unpaired) electrons. The van der Waals surface area contributed by atoms with E-state index in [0.29, 0.717) is 37.3 Å². The molecule has 4 rings (SSSR count). The maximum absolute atomic E-state index is 14.1. The van der Waals surface area contributed by atoms with E-state index in [2.05, 4.69) is 10.0 Å². The Hall–Kier alpha value is -2.52. The fraction of sp³-hybridized carbons (Fsp3) is 0.500. The van der Waals surface area contributed by atoms with Gasteiger partial charge >= 0.3 is 0 Å². The van der Waals surface area contributed by atoms with E-state index in [-0.39, 0.29) is 43.1 Å². The monoisotopic (exact) mass is 602 g/mol. The number of benzene rings is 2. The lowest BCUT2D eigenvalue weighted by Crippen LogP contribution is -2.51. The third kappa shape index (κ3) is 7.40. The summed E-state index contributed by atoms with van der Waals surface area (Å²) < 4.78 is 95.6. The summed E-state index contributed by atoms with van der Waals surface area (Å²) in [6.45, 7) is -0.451. The molecule has 2 aliphatic heterocycles. The average molecular weight is 603 g/mol. The zero-order valence-electron chi connectivity index (χ0n) is 21.7. The third-order valence-electron chi connectivity index (χ3n) is 7.55. The van der Waals surface area contributed by atoms with Crippen LogP contribution in [0.15, 0.2) is 42.5 Å². The number of piperidine rings is 1. The van der Waals surface area contributed by atoms with Crippen molar-refractivity contribution >= 4 is 26.0 Å². The van der Waals surface area contributed by atoms with Gasteiger partial charge in [-0.05, 0) is 61.8 Å². The molecule has 0 saturated carbocycles. The zero-order valence-corrected chi connectivity index (χ0v) is 23.4. The van der Waals surface area contributed by atoms with Gasteiger partial charge in [0.2, 0.25) is 20.0 Å². The number of sulfonamides is 2. The van der Waals surface area contributed by atoms with Crippen LogP contribution in [0.1, 0.15) is 41.6 Å². The Kier molecular flexibility index (Phi) is 9.55. The lowest BCUT2D eigenvalue weighted by Gasteiger charge is -2.40. The van der Waals surface area contributed by atoms with Gasteiger partial charge in [-0.15, -0.1) is 0 Å². The second-order valence-electron chi connectivity index (χ2n) is 10.3. The molecular weight excluding hydrogens is 569 g/mol. The predicted molar refractivity (Wildman–Crippen MR) is 144 cm³/mol. The number of fused-ring (bicyclic) bond motifs is 2. The van der Waals surface area contributed by atoms with Crippen molar-refractivity contribution in [3.63, 3.8) is 0 Å². The SMILES string of the molecule is N[C@H](Cc1cc(F)c(F)cc1F)C1CC2CCC(C1)N2S(=O)(=O)CCNS(=O)(=O)CCNC(=O)c1ccccc1. The summed E-state index contributed by atoms with van der Waals surface area (Å²) in [7, 11) is -7.62. The van der Waals surface area contributed by atoms with Crippen molar-refractivity contribution in [3.8, 4) is 0 Å². The first-order valence-corrected chi connectivity index (χ1v) is 16.3. The van der Waals surface area contributed by atoms with Crippen molar-refractivity contribution < 1.29 is 34.8 Å². The molecule has 14 heteroatoms. The van der Waals surface area contributed by atoms with E-state index in [9.17, 15) is 34.8 Å². The predicted octanol–water partition coefficient (Wildman–Crippen LogP) is 1.90. The van der Waals surface area contributed by atoms with Gasteiger partial charge in [0.15, 0.2) is 11.6 Å². The summed E-state index contributed by atoms with van der Waals surface area (Å²) in [5, 5.41) is 2.52. The second-order valence-corrected chi connectivity index (χ2v) is 14.2. The van der Waals surface area contributed by atoms with E-state index >= 15 is 0 Å². The number of nitrogens with one attached hydrogen (secondary N) is 2. The van der Waals surface area contributed by atoms with Crippen LogP contribution >= 0.6 is 0 Å². The molecule has 2 aromatic rings. The fourth-order valence-corrected chi connectivity index (χ4v) is 8.53. The largest absolute Gasteiger partial charge is 0.351 e. The fourth-order valence-electron chi connectivity index (χ4n) is 5.61. The highest BCUT2D eigenvalue weighted by Crippen LogP contribution is 2.42. The minimum Gasteiger partial charge on any atom is -0.351 e. The Labute approximate surface area is 232 Å². The highest BCUT2D eigenvalue weighted by molar-refractivity contribution is 7.90. The van der Waals surface area contributed by atoms with Crippen LogP contribution in [0.5, 0.6) is 0 Å². The van der Waals surface area contributed by atoms with E-state index < -0.39 is 61.0 Å². The van der Waals surface area contributed by atoms with E-state index in [1.54, 1.807) is 30.3 Å². The van der Waals surface area contributed by atoms with Crippen LogP contribution in [0.25, 0.3) is 0 Å². The first kappa shape index (κ1) is 30.4. The van der Waals surface area contributed by atoms with Gasteiger partial charge in [-0.1, -0.05) is 18.2 Å². The molecule has 9 nitrogen and oxygen atoms in total. The van der Waals surface area contributed by atoms with Gasteiger partial charge in [0.25, 0.3) is 5.91 Å². The number of nitrogens with zero attached hydrogens (tertiary/aromatic N) is 1. The summed E-state index contributed by atoms with van der Waals surface area (Å²) in [6.07, 6.45) is 2.12. The molecule has 2 fully saturated rings. The molecule has 1 amide bonds. The second kappa shape index (κ2) is 12.6. The summed E-state index contributed by atoms with van der Waals surface area (Å²) in [4.78, 5) is 12.1. The number of hydrogen-bond acceptors (Lipinski definition) is 6.